The predicted octanol–water partition coefficient (Wildman–Crippen LogP) is 0.738. The summed E-state index contributed by atoms with van der Waals surface area (Å²) in [5.74, 6) is -0.249. The third kappa shape index (κ3) is 4.65. The summed E-state index contributed by atoms with van der Waals surface area (Å²) < 4.78 is 23.2. The van der Waals surface area contributed by atoms with Crippen LogP contribution in [0.1, 0.15) is 22.3 Å². The van der Waals surface area contributed by atoms with Gasteiger partial charge in [-0.15, -0.1) is 0 Å². The summed E-state index contributed by atoms with van der Waals surface area (Å²) in [5, 5.41) is 5.75. The van der Waals surface area contributed by atoms with Crippen LogP contribution in [0.3, 0.4) is 0 Å². The van der Waals surface area contributed by atoms with Gasteiger partial charge in [0.1, 0.15) is 0 Å². The molecule has 6 heteroatoms. The summed E-state index contributed by atoms with van der Waals surface area (Å²) in [6.07, 6.45) is 1.97. The van der Waals surface area contributed by atoms with Gasteiger partial charge in [-0.05, 0) is 44.6 Å². The van der Waals surface area contributed by atoms with E-state index in [-0.39, 0.29) is 10.8 Å². The molecule has 0 bridgehead atoms. The zero-order valence-electron chi connectivity index (χ0n) is 11.5. The Morgan fingerprint density at radius 1 is 1.26 bits per heavy atom. The summed E-state index contributed by atoms with van der Waals surface area (Å²) in [6.45, 7) is 3.09. The average Bonchev–Trinajstić information content (AvgIpc) is 2.33. The molecule has 0 unspecified atom stereocenters. The first-order valence-corrected chi connectivity index (χ1v) is 7.99. The van der Waals surface area contributed by atoms with Gasteiger partial charge in [0, 0.05) is 18.4 Å². The molecule has 0 atom stereocenters. The molecule has 0 aliphatic rings. The van der Waals surface area contributed by atoms with Crippen molar-refractivity contribution in [3.63, 3.8) is 0 Å². The van der Waals surface area contributed by atoms with E-state index in [0.29, 0.717) is 17.7 Å². The fourth-order valence-corrected chi connectivity index (χ4v) is 2.70. The quantitative estimate of drug-likeness (QED) is 0.756. The van der Waals surface area contributed by atoms with Gasteiger partial charge >= 0.3 is 0 Å². The molecule has 0 saturated heterocycles. The Kier molecular flexibility index (Phi) is 5.50. The number of hydrogen-bond acceptors (Lipinski definition) is 4. The number of nitrogens with one attached hydrogen (secondary N) is 2. The molecule has 0 saturated carbocycles. The van der Waals surface area contributed by atoms with Crippen LogP contribution < -0.4 is 10.6 Å². The Labute approximate surface area is 114 Å². The van der Waals surface area contributed by atoms with Crippen molar-refractivity contribution in [2.75, 3.05) is 26.4 Å². The van der Waals surface area contributed by atoms with Gasteiger partial charge in [-0.3, -0.25) is 4.79 Å². The second kappa shape index (κ2) is 6.68. The Bertz CT molecular complexity index is 553. The molecule has 0 heterocycles. The molecule has 1 aromatic carbocycles. The minimum atomic E-state index is -3.31. The van der Waals surface area contributed by atoms with E-state index in [4.69, 9.17) is 0 Å². The number of amides is 1. The van der Waals surface area contributed by atoms with E-state index in [9.17, 15) is 13.2 Å². The van der Waals surface area contributed by atoms with Crippen LogP contribution in [0.5, 0.6) is 0 Å². The lowest BCUT2D eigenvalue weighted by molar-refractivity contribution is 0.0953. The average molecular weight is 284 g/mol. The molecule has 2 N–H and O–H groups in total. The van der Waals surface area contributed by atoms with Crippen LogP contribution in [-0.4, -0.2) is 40.7 Å². The largest absolute Gasteiger partial charge is 0.352 e. The molecule has 1 rings (SSSR count). The van der Waals surface area contributed by atoms with Gasteiger partial charge in [0.2, 0.25) is 0 Å². The summed E-state index contributed by atoms with van der Waals surface area (Å²) in [4.78, 5) is 12.1. The van der Waals surface area contributed by atoms with E-state index in [1.807, 2.05) is 7.05 Å². The maximum absolute atomic E-state index is 11.9. The summed E-state index contributed by atoms with van der Waals surface area (Å²) in [5.41, 5.74) is 1.02. The maximum atomic E-state index is 11.9. The number of rotatable bonds is 6. The Morgan fingerprint density at radius 3 is 2.53 bits per heavy atom. The highest BCUT2D eigenvalue weighted by atomic mass is 32.2. The predicted molar refractivity (Wildman–Crippen MR) is 75.2 cm³/mol. The van der Waals surface area contributed by atoms with Crippen molar-refractivity contribution >= 4 is 15.7 Å². The van der Waals surface area contributed by atoms with Crippen molar-refractivity contribution in [1.29, 1.82) is 0 Å². The minimum Gasteiger partial charge on any atom is -0.352 e. The number of aryl methyl sites for hydroxylation is 1. The van der Waals surface area contributed by atoms with Crippen molar-refractivity contribution in [2.24, 2.45) is 0 Å². The second-order valence-corrected chi connectivity index (χ2v) is 6.45. The highest BCUT2D eigenvalue weighted by Crippen LogP contribution is 2.16. The number of carbonyl (C=O) groups excluding carboxylic acids is 1. The molecule has 106 valence electrons. The maximum Gasteiger partial charge on any atom is 0.251 e. The normalized spacial score (nSPS) is 11.3. The fourth-order valence-electron chi connectivity index (χ4n) is 1.71. The van der Waals surface area contributed by atoms with Gasteiger partial charge in [0.15, 0.2) is 9.84 Å². The lowest BCUT2D eigenvalue weighted by atomic mass is 10.1. The van der Waals surface area contributed by atoms with Crippen molar-refractivity contribution in [1.82, 2.24) is 10.6 Å². The van der Waals surface area contributed by atoms with Crippen LogP contribution in [0, 0.1) is 6.92 Å². The van der Waals surface area contributed by atoms with Crippen molar-refractivity contribution in [2.45, 2.75) is 18.2 Å². The number of carbonyl (C=O) groups is 1. The molecule has 0 aromatic heterocycles. The smallest absolute Gasteiger partial charge is 0.251 e. The van der Waals surface area contributed by atoms with E-state index in [1.165, 1.54) is 6.07 Å². The summed E-state index contributed by atoms with van der Waals surface area (Å²) in [6, 6.07) is 4.72. The summed E-state index contributed by atoms with van der Waals surface area (Å²) in [7, 11) is -1.46. The third-order valence-corrected chi connectivity index (χ3v) is 3.98. The van der Waals surface area contributed by atoms with E-state index < -0.39 is 9.84 Å². The summed E-state index contributed by atoms with van der Waals surface area (Å²) >= 11 is 0. The van der Waals surface area contributed by atoms with Gasteiger partial charge in [0.05, 0.1) is 4.90 Å². The van der Waals surface area contributed by atoms with E-state index >= 15 is 0 Å². The van der Waals surface area contributed by atoms with Gasteiger partial charge in [-0.1, -0.05) is 6.07 Å². The van der Waals surface area contributed by atoms with Crippen molar-refractivity contribution < 1.29 is 13.2 Å². The molecule has 0 spiro atoms. The Balaban J connectivity index is 2.82. The standard InChI is InChI=1S/C13H20N2O3S/c1-10-5-6-11(9-12(10)19(3,17)18)13(16)15-8-4-7-14-2/h5-6,9,14H,4,7-8H2,1-3H3,(H,15,16). The lowest BCUT2D eigenvalue weighted by Crippen LogP contribution is -2.26. The van der Waals surface area contributed by atoms with Crippen LogP contribution in [-0.2, 0) is 9.84 Å². The zero-order valence-corrected chi connectivity index (χ0v) is 12.3. The molecule has 19 heavy (non-hydrogen) atoms. The molecule has 0 fully saturated rings. The molecular weight excluding hydrogens is 264 g/mol. The highest BCUT2D eigenvalue weighted by Gasteiger charge is 2.14. The molecular formula is C13H20N2O3S. The molecule has 0 aliphatic carbocycles. The van der Waals surface area contributed by atoms with Crippen LogP contribution >= 0.6 is 0 Å². The van der Waals surface area contributed by atoms with E-state index in [2.05, 4.69) is 10.6 Å². The van der Waals surface area contributed by atoms with Gasteiger partial charge < -0.3 is 10.6 Å². The van der Waals surface area contributed by atoms with Crippen LogP contribution in [0.2, 0.25) is 0 Å². The Hall–Kier alpha value is -1.40. The molecule has 5 nitrogen and oxygen atoms in total. The van der Waals surface area contributed by atoms with Gasteiger partial charge in [-0.25, -0.2) is 8.42 Å². The SMILES string of the molecule is CNCCCNC(=O)c1ccc(C)c(S(C)(=O)=O)c1. The first kappa shape index (κ1) is 15.7. The van der Waals surface area contributed by atoms with E-state index in [1.54, 1.807) is 19.1 Å². The molecule has 1 aromatic rings. The van der Waals surface area contributed by atoms with Crippen LogP contribution in [0.4, 0.5) is 0 Å². The number of benzene rings is 1. The number of sulfone groups is 1. The zero-order chi connectivity index (χ0) is 14.5. The topological polar surface area (TPSA) is 75.3 Å². The Morgan fingerprint density at radius 2 is 1.95 bits per heavy atom. The van der Waals surface area contributed by atoms with Crippen molar-refractivity contribution in [3.8, 4) is 0 Å². The van der Waals surface area contributed by atoms with Crippen molar-refractivity contribution in [3.05, 3.63) is 29.3 Å². The van der Waals surface area contributed by atoms with E-state index in [0.717, 1.165) is 19.2 Å². The molecule has 0 aliphatic heterocycles. The van der Waals surface area contributed by atoms with Gasteiger partial charge in [0.25, 0.3) is 5.91 Å². The second-order valence-electron chi connectivity index (χ2n) is 4.47. The minimum absolute atomic E-state index is 0.204. The van der Waals surface area contributed by atoms with Crippen LogP contribution in [0.25, 0.3) is 0 Å². The monoisotopic (exact) mass is 284 g/mol. The molecule has 0 radical (unpaired) electrons. The number of hydrogen-bond donors (Lipinski definition) is 2. The van der Waals surface area contributed by atoms with Crippen LogP contribution in [0.15, 0.2) is 23.1 Å². The third-order valence-electron chi connectivity index (χ3n) is 2.74. The lowest BCUT2D eigenvalue weighted by Gasteiger charge is -2.08. The first-order valence-electron chi connectivity index (χ1n) is 6.09. The highest BCUT2D eigenvalue weighted by molar-refractivity contribution is 7.90. The first-order chi connectivity index (χ1) is 8.86. The molecule has 1 amide bonds. The fraction of sp³-hybridized carbons (Fsp3) is 0.462. The van der Waals surface area contributed by atoms with Gasteiger partial charge in [-0.2, -0.15) is 0 Å².